The summed E-state index contributed by atoms with van der Waals surface area (Å²) in [6.45, 7) is 9.05. The summed E-state index contributed by atoms with van der Waals surface area (Å²) in [7, 11) is 1.98. The Hall–Kier alpha value is -2.13. The molecule has 3 nitrogen and oxygen atoms in total. The number of benzene rings is 2. The van der Waals surface area contributed by atoms with Crippen molar-refractivity contribution in [2.75, 3.05) is 12.4 Å². The van der Waals surface area contributed by atoms with Crippen LogP contribution in [0.1, 0.15) is 43.4 Å². The molecule has 0 saturated heterocycles. The van der Waals surface area contributed by atoms with E-state index in [0.717, 1.165) is 12.2 Å². The Kier molecular flexibility index (Phi) is 6.16. The summed E-state index contributed by atoms with van der Waals surface area (Å²) in [5, 5.41) is 3.09. The minimum absolute atomic E-state index is 0.0257. The first kappa shape index (κ1) is 18.2. The lowest BCUT2D eigenvalue weighted by molar-refractivity contribution is -0.120. The van der Waals surface area contributed by atoms with Crippen molar-refractivity contribution in [3.8, 4) is 0 Å². The van der Waals surface area contributed by atoms with E-state index >= 15 is 0 Å². The van der Waals surface area contributed by atoms with Crippen LogP contribution in [0.4, 0.5) is 5.69 Å². The van der Waals surface area contributed by atoms with Crippen LogP contribution in [0.15, 0.2) is 48.5 Å². The van der Waals surface area contributed by atoms with Gasteiger partial charge < -0.3 is 5.32 Å². The molecule has 0 aliphatic carbocycles. The van der Waals surface area contributed by atoms with Crippen LogP contribution in [0.5, 0.6) is 0 Å². The maximum Gasteiger partial charge on any atom is 0.241 e. The van der Waals surface area contributed by atoms with Gasteiger partial charge in [0.1, 0.15) is 0 Å². The number of nitrogens with one attached hydrogen (secondary N) is 1. The van der Waals surface area contributed by atoms with Gasteiger partial charge in [-0.05, 0) is 44.0 Å². The average molecular weight is 324 g/mol. The Morgan fingerprint density at radius 1 is 1.04 bits per heavy atom. The molecule has 0 radical (unpaired) electrons. The average Bonchev–Trinajstić information content (AvgIpc) is 2.56. The molecular weight excluding hydrogens is 296 g/mol. The minimum atomic E-state index is -0.202. The molecule has 24 heavy (non-hydrogen) atoms. The van der Waals surface area contributed by atoms with Crippen LogP contribution in [-0.4, -0.2) is 23.9 Å². The molecule has 2 aromatic rings. The van der Waals surface area contributed by atoms with Crippen molar-refractivity contribution in [2.45, 2.75) is 46.2 Å². The molecule has 0 saturated carbocycles. The molecule has 0 aromatic heterocycles. The lowest BCUT2D eigenvalue weighted by atomic mass is 10.0. The Bertz CT molecular complexity index is 676. The van der Waals surface area contributed by atoms with Gasteiger partial charge in [0.25, 0.3) is 0 Å². The largest absolute Gasteiger partial charge is 0.324 e. The summed E-state index contributed by atoms with van der Waals surface area (Å²) in [4.78, 5) is 14.7. The highest BCUT2D eigenvalue weighted by atomic mass is 16.2. The molecule has 0 heterocycles. The normalized spacial score (nSPS) is 12.5. The first-order valence-electron chi connectivity index (χ1n) is 8.54. The van der Waals surface area contributed by atoms with Gasteiger partial charge in [0.15, 0.2) is 0 Å². The third-order valence-electron chi connectivity index (χ3n) is 4.43. The van der Waals surface area contributed by atoms with Gasteiger partial charge in [-0.3, -0.25) is 9.69 Å². The summed E-state index contributed by atoms with van der Waals surface area (Å²) in [6.07, 6.45) is 0. The van der Waals surface area contributed by atoms with E-state index in [1.165, 1.54) is 16.7 Å². The van der Waals surface area contributed by atoms with Crippen LogP contribution < -0.4 is 5.32 Å². The summed E-state index contributed by atoms with van der Waals surface area (Å²) in [5.74, 6) is 0.403. The number of likely N-dealkylation sites (N-methyl/N-ethyl adjacent to an activating group) is 1. The van der Waals surface area contributed by atoms with E-state index in [9.17, 15) is 4.79 Å². The van der Waals surface area contributed by atoms with E-state index in [0.29, 0.717) is 5.92 Å². The number of carbonyl (C=O) groups is 1. The lowest BCUT2D eigenvalue weighted by Gasteiger charge is -2.25. The van der Waals surface area contributed by atoms with Gasteiger partial charge in [-0.2, -0.15) is 0 Å². The molecule has 0 fully saturated rings. The third kappa shape index (κ3) is 4.68. The zero-order chi connectivity index (χ0) is 17.7. The SMILES string of the molecule is Cc1ccc(CN(C)[C@@H](C)C(=O)Nc2ccccc2C(C)C)cc1. The monoisotopic (exact) mass is 324 g/mol. The number of hydrogen-bond donors (Lipinski definition) is 1. The smallest absolute Gasteiger partial charge is 0.241 e. The fourth-order valence-electron chi connectivity index (χ4n) is 2.67. The standard InChI is InChI=1S/C21H28N2O/c1-15(2)19-8-6-7-9-20(19)22-21(24)17(4)23(5)14-18-12-10-16(3)11-13-18/h6-13,15,17H,14H2,1-5H3,(H,22,24)/t17-/m0/s1. The number of hydrogen-bond acceptors (Lipinski definition) is 2. The van der Waals surface area contributed by atoms with Crippen LogP contribution in [0.3, 0.4) is 0 Å². The molecule has 0 unspecified atom stereocenters. The molecule has 0 bridgehead atoms. The molecule has 3 heteroatoms. The molecule has 2 rings (SSSR count). The van der Waals surface area contributed by atoms with Crippen LogP contribution in [0, 0.1) is 6.92 Å². The van der Waals surface area contributed by atoms with Gasteiger partial charge in [-0.1, -0.05) is 61.9 Å². The molecule has 2 aromatic carbocycles. The Morgan fingerprint density at radius 3 is 2.29 bits per heavy atom. The van der Waals surface area contributed by atoms with Gasteiger partial charge in [0, 0.05) is 12.2 Å². The van der Waals surface area contributed by atoms with Gasteiger partial charge in [-0.25, -0.2) is 0 Å². The van der Waals surface area contributed by atoms with E-state index in [1.54, 1.807) is 0 Å². The van der Waals surface area contributed by atoms with Crippen LogP contribution in [-0.2, 0) is 11.3 Å². The Balaban J connectivity index is 2.02. The number of para-hydroxylation sites is 1. The fraction of sp³-hybridized carbons (Fsp3) is 0.381. The topological polar surface area (TPSA) is 32.3 Å². The number of anilines is 1. The predicted molar refractivity (Wildman–Crippen MR) is 101 cm³/mol. The highest BCUT2D eigenvalue weighted by Gasteiger charge is 2.19. The molecule has 128 valence electrons. The molecule has 0 spiro atoms. The van der Waals surface area contributed by atoms with Crippen molar-refractivity contribution in [1.82, 2.24) is 4.90 Å². The Labute approximate surface area is 145 Å². The van der Waals surface area contributed by atoms with Crippen molar-refractivity contribution in [2.24, 2.45) is 0 Å². The van der Waals surface area contributed by atoms with Crippen molar-refractivity contribution in [3.05, 3.63) is 65.2 Å². The maximum atomic E-state index is 12.6. The van der Waals surface area contributed by atoms with Crippen molar-refractivity contribution >= 4 is 11.6 Å². The van der Waals surface area contributed by atoms with Crippen LogP contribution in [0.2, 0.25) is 0 Å². The number of carbonyl (C=O) groups excluding carboxylic acids is 1. The van der Waals surface area contributed by atoms with Gasteiger partial charge in [0.05, 0.1) is 6.04 Å². The second kappa shape index (κ2) is 8.11. The van der Waals surface area contributed by atoms with Crippen molar-refractivity contribution in [3.63, 3.8) is 0 Å². The van der Waals surface area contributed by atoms with E-state index in [1.807, 2.05) is 32.2 Å². The second-order valence-corrected chi connectivity index (χ2v) is 6.81. The molecule has 0 aliphatic heterocycles. The first-order chi connectivity index (χ1) is 11.4. The molecule has 0 aliphatic rings. The highest BCUT2D eigenvalue weighted by molar-refractivity contribution is 5.95. The number of rotatable bonds is 6. The summed E-state index contributed by atoms with van der Waals surface area (Å²) >= 11 is 0. The highest BCUT2D eigenvalue weighted by Crippen LogP contribution is 2.24. The zero-order valence-electron chi connectivity index (χ0n) is 15.3. The summed E-state index contributed by atoms with van der Waals surface area (Å²) < 4.78 is 0. The second-order valence-electron chi connectivity index (χ2n) is 6.81. The summed E-state index contributed by atoms with van der Waals surface area (Å²) in [6, 6.07) is 16.3. The van der Waals surface area contributed by atoms with E-state index in [4.69, 9.17) is 0 Å². The third-order valence-corrected chi connectivity index (χ3v) is 4.43. The van der Waals surface area contributed by atoms with Gasteiger partial charge in [-0.15, -0.1) is 0 Å². The van der Waals surface area contributed by atoms with E-state index in [-0.39, 0.29) is 11.9 Å². The van der Waals surface area contributed by atoms with E-state index in [2.05, 4.69) is 61.3 Å². The van der Waals surface area contributed by atoms with Gasteiger partial charge >= 0.3 is 0 Å². The summed E-state index contributed by atoms with van der Waals surface area (Å²) in [5.41, 5.74) is 4.54. The number of aryl methyl sites for hydroxylation is 1. The molecule has 1 amide bonds. The maximum absolute atomic E-state index is 12.6. The van der Waals surface area contributed by atoms with Crippen LogP contribution >= 0.6 is 0 Å². The van der Waals surface area contributed by atoms with Crippen LogP contribution in [0.25, 0.3) is 0 Å². The number of amides is 1. The molecule has 1 N–H and O–H groups in total. The Morgan fingerprint density at radius 2 is 1.67 bits per heavy atom. The quantitative estimate of drug-likeness (QED) is 0.843. The van der Waals surface area contributed by atoms with Crippen molar-refractivity contribution in [1.29, 1.82) is 0 Å². The molecule has 1 atom stereocenters. The van der Waals surface area contributed by atoms with E-state index < -0.39 is 0 Å². The minimum Gasteiger partial charge on any atom is -0.324 e. The fourth-order valence-corrected chi connectivity index (χ4v) is 2.67. The number of nitrogens with zero attached hydrogens (tertiary/aromatic N) is 1. The van der Waals surface area contributed by atoms with Crippen molar-refractivity contribution < 1.29 is 4.79 Å². The lowest BCUT2D eigenvalue weighted by Crippen LogP contribution is -2.39. The zero-order valence-corrected chi connectivity index (χ0v) is 15.3. The molecular formula is C21H28N2O. The van der Waals surface area contributed by atoms with Gasteiger partial charge in [0.2, 0.25) is 5.91 Å². The predicted octanol–water partition coefficient (Wildman–Crippen LogP) is 4.58. The first-order valence-corrected chi connectivity index (χ1v) is 8.54.